The summed E-state index contributed by atoms with van der Waals surface area (Å²) in [5, 5.41) is 8.73. The van der Waals surface area contributed by atoms with Crippen molar-refractivity contribution in [2.24, 2.45) is 10.4 Å². The number of thioether (sulfide) groups is 1. The Bertz CT molecular complexity index is 1420. The molecule has 1 saturated carbocycles. The molecule has 2 N–H and O–H groups in total. The van der Waals surface area contributed by atoms with Crippen molar-refractivity contribution in [1.82, 2.24) is 15.5 Å². The minimum absolute atomic E-state index is 0.0281. The maximum absolute atomic E-state index is 13.2. The van der Waals surface area contributed by atoms with Gasteiger partial charge in [0.05, 0.1) is 18.1 Å². The third kappa shape index (κ3) is 6.08. The molecule has 5 rings (SSSR count). The lowest BCUT2D eigenvalue weighted by Gasteiger charge is -2.27. The molecule has 0 radical (unpaired) electrons. The number of amides is 3. The molecule has 2 heterocycles. The minimum atomic E-state index is -0.541. The number of benzene rings is 2. The average Bonchev–Trinajstić information content (AvgIpc) is 3.27. The van der Waals surface area contributed by atoms with E-state index in [-0.39, 0.29) is 35.7 Å². The Morgan fingerprint density at radius 1 is 1.05 bits per heavy atom. The number of nitrogens with zero attached hydrogens (tertiary/aromatic N) is 2. The van der Waals surface area contributed by atoms with Gasteiger partial charge in [-0.15, -0.1) is 23.1 Å². The molecule has 2 fully saturated rings. The Morgan fingerprint density at radius 3 is 2.48 bits per heavy atom. The zero-order valence-corrected chi connectivity index (χ0v) is 24.3. The number of thiophene rings is 1. The molecule has 3 aromatic rings. The maximum atomic E-state index is 13.2. The second kappa shape index (κ2) is 11.9. The van der Waals surface area contributed by atoms with Crippen molar-refractivity contribution < 1.29 is 19.1 Å². The first-order valence-electron chi connectivity index (χ1n) is 13.1. The van der Waals surface area contributed by atoms with E-state index in [0.717, 1.165) is 21.9 Å². The summed E-state index contributed by atoms with van der Waals surface area (Å²) in [6.45, 7) is 2.34. The Labute approximate surface area is 242 Å². The normalized spacial score (nSPS) is 21.5. The molecule has 8 nitrogen and oxygen atoms in total. The predicted molar refractivity (Wildman–Crippen MR) is 159 cm³/mol. The molecule has 3 atom stereocenters. The van der Waals surface area contributed by atoms with Crippen molar-refractivity contribution >= 4 is 45.9 Å². The highest BCUT2D eigenvalue weighted by atomic mass is 32.2. The largest absolute Gasteiger partial charge is 0.457 e. The number of nitrogens with one attached hydrogen (secondary N) is 2. The highest BCUT2D eigenvalue weighted by molar-refractivity contribution is 8.13. The molecule has 3 amide bonds. The first kappa shape index (κ1) is 27.9. The summed E-state index contributed by atoms with van der Waals surface area (Å²) in [6, 6.07) is 17.7. The number of aliphatic imine (C=N–C) groups is 1. The van der Waals surface area contributed by atoms with E-state index in [9.17, 15) is 14.4 Å². The van der Waals surface area contributed by atoms with Crippen molar-refractivity contribution in [1.29, 1.82) is 0 Å². The summed E-state index contributed by atoms with van der Waals surface area (Å²) >= 11 is 3.16. The van der Waals surface area contributed by atoms with Gasteiger partial charge >= 0.3 is 0 Å². The fourth-order valence-electron chi connectivity index (χ4n) is 5.22. The van der Waals surface area contributed by atoms with Crippen LogP contribution in [0.1, 0.15) is 40.6 Å². The van der Waals surface area contributed by atoms with E-state index in [1.807, 2.05) is 48.0 Å². The van der Waals surface area contributed by atoms with Gasteiger partial charge in [0.15, 0.2) is 0 Å². The van der Waals surface area contributed by atoms with Gasteiger partial charge in [0.1, 0.15) is 17.5 Å². The van der Waals surface area contributed by atoms with E-state index in [1.165, 1.54) is 0 Å². The summed E-state index contributed by atoms with van der Waals surface area (Å²) in [5.41, 5.74) is 1.43. The van der Waals surface area contributed by atoms with Crippen LogP contribution < -0.4 is 15.4 Å². The molecular formula is C30H32N4O4S2. The molecule has 0 bridgehead atoms. The van der Waals surface area contributed by atoms with Gasteiger partial charge in [-0.1, -0.05) is 25.1 Å². The third-order valence-corrected chi connectivity index (χ3v) is 9.20. The van der Waals surface area contributed by atoms with Crippen LogP contribution in [0.15, 0.2) is 71.0 Å². The Kier molecular flexibility index (Phi) is 8.27. The highest BCUT2D eigenvalue weighted by Crippen LogP contribution is 2.59. The van der Waals surface area contributed by atoms with E-state index >= 15 is 0 Å². The fourth-order valence-corrected chi connectivity index (χ4v) is 6.64. The number of hydrogen-bond donors (Lipinski definition) is 2. The SMILES string of the molecule is C/N=C(\SC)c1csc(CNC(=O)[C@@H]2C[C@]3(C)C[C@@H]3N2C(=O)CNC(=O)c2ccc(Oc3ccccc3)cc2)c1. The predicted octanol–water partition coefficient (Wildman–Crippen LogP) is 4.71. The molecule has 2 aliphatic rings. The molecule has 208 valence electrons. The lowest BCUT2D eigenvalue weighted by atomic mass is 10.0. The number of piperidine rings is 1. The van der Waals surface area contributed by atoms with Crippen molar-refractivity contribution in [3.63, 3.8) is 0 Å². The van der Waals surface area contributed by atoms with E-state index in [4.69, 9.17) is 4.74 Å². The highest BCUT2D eigenvalue weighted by Gasteiger charge is 2.64. The standard InChI is InChI=1S/C30H32N4O4S2/c1-30-14-24(28(37)32-16-23-13-20(18-40-23)29(31-2)39-3)34(25(30)15-30)26(35)17-33-27(36)19-9-11-22(12-10-19)38-21-7-5-4-6-8-21/h4-13,18,24-25H,14-17H2,1-3H3,(H,32,37)(H,33,36)/b31-29-/t24-,25-,30+/m0/s1. The second-order valence-electron chi connectivity index (χ2n) is 10.3. The monoisotopic (exact) mass is 576 g/mol. The van der Waals surface area contributed by atoms with Crippen molar-refractivity contribution in [3.8, 4) is 11.5 Å². The molecule has 1 aliphatic carbocycles. The third-order valence-electron chi connectivity index (χ3n) is 7.46. The number of carbonyl (C=O) groups is 3. The molecule has 40 heavy (non-hydrogen) atoms. The summed E-state index contributed by atoms with van der Waals surface area (Å²) in [6.07, 6.45) is 3.49. The number of rotatable bonds is 9. The van der Waals surface area contributed by atoms with Gasteiger partial charge in [0.2, 0.25) is 11.8 Å². The van der Waals surface area contributed by atoms with Crippen LogP contribution in [0.4, 0.5) is 0 Å². The molecule has 10 heteroatoms. The van der Waals surface area contributed by atoms with Crippen molar-refractivity contribution in [2.75, 3.05) is 19.8 Å². The van der Waals surface area contributed by atoms with Gasteiger partial charge in [-0.05, 0) is 67.0 Å². The summed E-state index contributed by atoms with van der Waals surface area (Å²) in [7, 11) is 1.77. The van der Waals surface area contributed by atoms with Gasteiger partial charge in [0, 0.05) is 34.5 Å². The van der Waals surface area contributed by atoms with Gasteiger partial charge in [-0.2, -0.15) is 0 Å². The van der Waals surface area contributed by atoms with Crippen LogP contribution in [0.25, 0.3) is 0 Å². The van der Waals surface area contributed by atoms with E-state index in [2.05, 4.69) is 22.5 Å². The summed E-state index contributed by atoms with van der Waals surface area (Å²) in [5.74, 6) is 0.557. The Balaban J connectivity index is 1.15. The molecule has 0 spiro atoms. The van der Waals surface area contributed by atoms with Crippen LogP contribution in [0, 0.1) is 5.41 Å². The van der Waals surface area contributed by atoms with E-state index in [0.29, 0.717) is 30.0 Å². The van der Waals surface area contributed by atoms with Gasteiger partial charge in [-0.3, -0.25) is 19.4 Å². The number of hydrogen-bond acceptors (Lipinski definition) is 7. The maximum Gasteiger partial charge on any atom is 0.251 e. The average molecular weight is 577 g/mol. The zero-order chi connectivity index (χ0) is 28.3. The number of ether oxygens (including phenoxy) is 1. The lowest BCUT2D eigenvalue weighted by Crippen LogP contribution is -2.50. The molecule has 1 saturated heterocycles. The first-order chi connectivity index (χ1) is 19.3. The lowest BCUT2D eigenvalue weighted by molar-refractivity contribution is -0.139. The Morgan fingerprint density at radius 2 is 1.77 bits per heavy atom. The van der Waals surface area contributed by atoms with Gasteiger partial charge in [0.25, 0.3) is 5.91 Å². The Hall–Kier alpha value is -3.63. The second-order valence-corrected chi connectivity index (χ2v) is 12.1. The number of para-hydroxylation sites is 1. The summed E-state index contributed by atoms with van der Waals surface area (Å²) in [4.78, 5) is 46.2. The quantitative estimate of drug-likeness (QED) is 0.284. The van der Waals surface area contributed by atoms with Crippen LogP contribution >= 0.6 is 23.1 Å². The van der Waals surface area contributed by atoms with Gasteiger partial charge < -0.3 is 20.3 Å². The number of likely N-dealkylation sites (tertiary alicyclic amines) is 1. The molecule has 2 aromatic carbocycles. The topological polar surface area (TPSA) is 100 Å². The fraction of sp³-hybridized carbons (Fsp3) is 0.333. The smallest absolute Gasteiger partial charge is 0.251 e. The van der Waals surface area contributed by atoms with Crippen molar-refractivity contribution in [2.45, 2.75) is 38.4 Å². The van der Waals surface area contributed by atoms with Crippen molar-refractivity contribution in [3.05, 3.63) is 82.0 Å². The van der Waals surface area contributed by atoms with Crippen LogP contribution in [0.3, 0.4) is 0 Å². The molecular weight excluding hydrogens is 544 g/mol. The number of fused-ring (bicyclic) bond motifs is 1. The molecule has 1 aliphatic heterocycles. The first-order valence-corrected chi connectivity index (χ1v) is 15.2. The van der Waals surface area contributed by atoms with Crippen LogP contribution in [0.2, 0.25) is 0 Å². The van der Waals surface area contributed by atoms with Crippen LogP contribution in [-0.4, -0.2) is 59.6 Å². The van der Waals surface area contributed by atoms with Gasteiger partial charge in [-0.25, -0.2) is 0 Å². The van der Waals surface area contributed by atoms with Crippen LogP contribution in [0.5, 0.6) is 11.5 Å². The van der Waals surface area contributed by atoms with Crippen LogP contribution in [-0.2, 0) is 16.1 Å². The molecule has 0 unspecified atom stereocenters. The minimum Gasteiger partial charge on any atom is -0.457 e. The van der Waals surface area contributed by atoms with E-state index < -0.39 is 6.04 Å². The zero-order valence-electron chi connectivity index (χ0n) is 22.7. The molecule has 1 aromatic heterocycles. The van der Waals surface area contributed by atoms with E-state index in [1.54, 1.807) is 59.3 Å². The number of carbonyl (C=O) groups excluding carboxylic acids is 3. The summed E-state index contributed by atoms with van der Waals surface area (Å²) < 4.78 is 5.77.